The molecular formula is C15H11BrFN3. The second-order valence-corrected chi connectivity index (χ2v) is 5.12. The van der Waals surface area contributed by atoms with Crippen molar-refractivity contribution in [2.75, 3.05) is 5.32 Å². The lowest BCUT2D eigenvalue weighted by Gasteiger charge is -2.10. The van der Waals surface area contributed by atoms with E-state index in [2.05, 4.69) is 26.2 Å². The first-order chi connectivity index (χ1) is 9.74. The fourth-order valence-electron chi connectivity index (χ4n) is 1.91. The minimum absolute atomic E-state index is 0.323. The first kappa shape index (κ1) is 12.9. The Morgan fingerprint density at radius 3 is 2.70 bits per heavy atom. The van der Waals surface area contributed by atoms with Crippen LogP contribution in [0.15, 0.2) is 65.4 Å². The van der Waals surface area contributed by atoms with Gasteiger partial charge in [0.25, 0.3) is 0 Å². The highest BCUT2D eigenvalue weighted by atomic mass is 79.9. The fraction of sp³-hybridized carbons (Fsp3) is 0. The van der Waals surface area contributed by atoms with E-state index in [0.717, 1.165) is 10.2 Å². The van der Waals surface area contributed by atoms with Crippen molar-refractivity contribution in [2.45, 2.75) is 0 Å². The summed E-state index contributed by atoms with van der Waals surface area (Å²) < 4.78 is 16.4. The molecule has 0 saturated carbocycles. The Bertz CT molecular complexity index is 725. The molecule has 0 spiro atoms. The van der Waals surface area contributed by atoms with Gasteiger partial charge in [-0.05, 0) is 30.3 Å². The first-order valence-electron chi connectivity index (χ1n) is 6.05. The van der Waals surface area contributed by atoms with Crippen LogP contribution >= 0.6 is 15.9 Å². The summed E-state index contributed by atoms with van der Waals surface area (Å²) in [6.07, 6.45) is 3.50. The van der Waals surface area contributed by atoms with Gasteiger partial charge in [-0.25, -0.2) is 9.37 Å². The number of imidazole rings is 1. The highest BCUT2D eigenvalue weighted by Gasteiger charge is 2.08. The Morgan fingerprint density at radius 2 is 1.90 bits per heavy atom. The molecule has 2 aromatic carbocycles. The summed E-state index contributed by atoms with van der Waals surface area (Å²) >= 11 is 3.33. The number of nitrogens with one attached hydrogen (secondary N) is 1. The molecule has 0 aliphatic heterocycles. The molecule has 20 heavy (non-hydrogen) atoms. The molecule has 0 amide bonds. The number of nitrogens with zero attached hydrogens (tertiary/aromatic N) is 2. The minimum atomic E-state index is -0.323. The molecule has 3 nitrogen and oxygen atoms in total. The molecule has 5 heteroatoms. The van der Waals surface area contributed by atoms with Crippen molar-refractivity contribution >= 4 is 27.6 Å². The number of para-hydroxylation sites is 1. The second-order valence-electron chi connectivity index (χ2n) is 4.21. The van der Waals surface area contributed by atoms with E-state index in [0.29, 0.717) is 11.6 Å². The lowest BCUT2D eigenvalue weighted by atomic mass is 10.3. The van der Waals surface area contributed by atoms with Gasteiger partial charge in [-0.1, -0.05) is 34.1 Å². The monoisotopic (exact) mass is 331 g/mol. The molecule has 0 unspecified atom stereocenters. The largest absolute Gasteiger partial charge is 0.323 e. The molecule has 1 aromatic heterocycles. The van der Waals surface area contributed by atoms with E-state index in [1.807, 2.05) is 41.1 Å². The summed E-state index contributed by atoms with van der Waals surface area (Å²) in [4.78, 5) is 4.23. The van der Waals surface area contributed by atoms with Crippen molar-refractivity contribution in [2.24, 2.45) is 0 Å². The number of anilines is 2. The number of hydrogen-bond donors (Lipinski definition) is 1. The molecule has 1 heterocycles. The summed E-state index contributed by atoms with van der Waals surface area (Å²) in [5.74, 6) is 0.240. The second kappa shape index (κ2) is 5.46. The van der Waals surface area contributed by atoms with Crippen LogP contribution in [0.5, 0.6) is 0 Å². The van der Waals surface area contributed by atoms with Gasteiger partial charge in [-0.15, -0.1) is 0 Å². The van der Waals surface area contributed by atoms with Gasteiger partial charge in [-0.3, -0.25) is 4.57 Å². The van der Waals surface area contributed by atoms with Crippen LogP contribution in [0.4, 0.5) is 16.0 Å². The molecular weight excluding hydrogens is 321 g/mol. The highest BCUT2D eigenvalue weighted by molar-refractivity contribution is 9.10. The van der Waals surface area contributed by atoms with Crippen LogP contribution in [0.3, 0.4) is 0 Å². The topological polar surface area (TPSA) is 29.9 Å². The lowest BCUT2D eigenvalue weighted by molar-refractivity contribution is 0.631. The standard InChI is InChI=1S/C15H11BrFN3/c16-11-6-7-13(17)14(10-11)19-15-18-8-9-20(15)12-4-2-1-3-5-12/h1-10H,(H,18,19). The smallest absolute Gasteiger partial charge is 0.212 e. The maximum atomic E-state index is 13.8. The zero-order valence-corrected chi connectivity index (χ0v) is 12.0. The van der Waals surface area contributed by atoms with Crippen LogP contribution in [-0.2, 0) is 0 Å². The highest BCUT2D eigenvalue weighted by Crippen LogP contribution is 2.24. The molecule has 0 aliphatic carbocycles. The average Bonchev–Trinajstić information content (AvgIpc) is 2.92. The van der Waals surface area contributed by atoms with Crippen LogP contribution in [0, 0.1) is 5.82 Å². The molecule has 3 aromatic rings. The Morgan fingerprint density at radius 1 is 1.10 bits per heavy atom. The molecule has 0 saturated heterocycles. The van der Waals surface area contributed by atoms with Crippen molar-refractivity contribution < 1.29 is 4.39 Å². The Hall–Kier alpha value is -2.14. The van der Waals surface area contributed by atoms with E-state index in [9.17, 15) is 4.39 Å². The van der Waals surface area contributed by atoms with E-state index in [1.165, 1.54) is 6.07 Å². The van der Waals surface area contributed by atoms with Crippen LogP contribution in [0.2, 0.25) is 0 Å². The van der Waals surface area contributed by atoms with Gasteiger partial charge in [0.1, 0.15) is 5.82 Å². The van der Waals surface area contributed by atoms with Gasteiger partial charge in [0.2, 0.25) is 5.95 Å². The molecule has 3 rings (SSSR count). The predicted molar refractivity (Wildman–Crippen MR) is 80.9 cm³/mol. The van der Waals surface area contributed by atoms with E-state index >= 15 is 0 Å². The van der Waals surface area contributed by atoms with E-state index in [4.69, 9.17) is 0 Å². The quantitative estimate of drug-likeness (QED) is 0.764. The van der Waals surface area contributed by atoms with Crippen molar-refractivity contribution in [3.8, 4) is 5.69 Å². The van der Waals surface area contributed by atoms with Crippen molar-refractivity contribution in [1.29, 1.82) is 0 Å². The van der Waals surface area contributed by atoms with E-state index < -0.39 is 0 Å². The number of halogens is 2. The van der Waals surface area contributed by atoms with E-state index in [-0.39, 0.29) is 5.82 Å². The molecule has 0 fully saturated rings. The number of hydrogen-bond acceptors (Lipinski definition) is 2. The van der Waals surface area contributed by atoms with Gasteiger partial charge in [0, 0.05) is 22.6 Å². The SMILES string of the molecule is Fc1ccc(Br)cc1Nc1nccn1-c1ccccc1. The van der Waals surface area contributed by atoms with E-state index in [1.54, 1.807) is 18.3 Å². The van der Waals surface area contributed by atoms with Crippen molar-refractivity contribution in [3.05, 3.63) is 71.2 Å². The third-order valence-corrected chi connectivity index (χ3v) is 3.34. The predicted octanol–water partition coefficient (Wildman–Crippen LogP) is 4.52. The molecule has 0 aliphatic rings. The van der Waals surface area contributed by atoms with Crippen LogP contribution < -0.4 is 5.32 Å². The summed E-state index contributed by atoms with van der Waals surface area (Å²) in [5, 5.41) is 3.01. The Kier molecular flexibility index (Phi) is 3.52. The molecule has 0 atom stereocenters. The fourth-order valence-corrected chi connectivity index (χ4v) is 2.27. The average molecular weight is 332 g/mol. The van der Waals surface area contributed by atoms with Crippen LogP contribution in [0.1, 0.15) is 0 Å². The molecule has 0 bridgehead atoms. The van der Waals surface area contributed by atoms with Gasteiger partial charge in [0.15, 0.2) is 0 Å². The van der Waals surface area contributed by atoms with Crippen molar-refractivity contribution in [3.63, 3.8) is 0 Å². The number of rotatable bonds is 3. The third kappa shape index (κ3) is 2.58. The van der Waals surface area contributed by atoms with Gasteiger partial charge >= 0.3 is 0 Å². The van der Waals surface area contributed by atoms with Gasteiger partial charge in [0.05, 0.1) is 5.69 Å². The van der Waals surface area contributed by atoms with Gasteiger partial charge < -0.3 is 5.32 Å². The molecule has 1 N–H and O–H groups in total. The van der Waals surface area contributed by atoms with Crippen LogP contribution in [-0.4, -0.2) is 9.55 Å². The summed E-state index contributed by atoms with van der Waals surface area (Å²) in [6.45, 7) is 0. The normalized spacial score (nSPS) is 10.5. The zero-order valence-electron chi connectivity index (χ0n) is 10.4. The minimum Gasteiger partial charge on any atom is -0.323 e. The van der Waals surface area contributed by atoms with Crippen molar-refractivity contribution in [1.82, 2.24) is 9.55 Å². The zero-order chi connectivity index (χ0) is 13.9. The molecule has 0 radical (unpaired) electrons. The molecule has 100 valence electrons. The van der Waals surface area contributed by atoms with Gasteiger partial charge in [-0.2, -0.15) is 0 Å². The summed E-state index contributed by atoms with van der Waals surface area (Å²) in [6, 6.07) is 14.5. The van der Waals surface area contributed by atoms with Crippen LogP contribution in [0.25, 0.3) is 5.69 Å². The maximum absolute atomic E-state index is 13.8. The number of benzene rings is 2. The Labute approximate surface area is 124 Å². The summed E-state index contributed by atoms with van der Waals surface area (Å²) in [7, 11) is 0. The summed E-state index contributed by atoms with van der Waals surface area (Å²) in [5.41, 5.74) is 1.34. The third-order valence-electron chi connectivity index (χ3n) is 2.85. The maximum Gasteiger partial charge on any atom is 0.212 e. The Balaban J connectivity index is 1.97. The lowest BCUT2D eigenvalue weighted by Crippen LogP contribution is -2.02. The number of aromatic nitrogens is 2. The first-order valence-corrected chi connectivity index (χ1v) is 6.84.